The Labute approximate surface area is 206 Å². The standard InChI is InChI=1S/C23H29F3N6O4/c24-23(25,26)36-18-6-4-17(5-7-18)28-22(34)30-19-15-32(14-16-2-3-16)20(29-19)21(33)27-8-1-9-31-10-12-35-13-11-31/h4-7,15-16H,1-3,8-14H2,(H,27,33)(H2,28,30,34). The maximum Gasteiger partial charge on any atom is 0.573 e. The number of nitrogens with zero attached hydrogens (tertiary/aromatic N) is 3. The number of ether oxygens (including phenoxy) is 2. The summed E-state index contributed by atoms with van der Waals surface area (Å²) in [4.78, 5) is 31.8. The van der Waals surface area contributed by atoms with E-state index in [1.54, 1.807) is 10.8 Å². The fourth-order valence-electron chi connectivity index (χ4n) is 3.80. The normalized spacial score (nSPS) is 16.4. The average molecular weight is 511 g/mol. The lowest BCUT2D eigenvalue weighted by molar-refractivity contribution is -0.274. The minimum Gasteiger partial charge on any atom is -0.406 e. The zero-order chi connectivity index (χ0) is 25.5. The first kappa shape index (κ1) is 25.8. The lowest BCUT2D eigenvalue weighted by Crippen LogP contribution is -2.38. The third kappa shape index (κ3) is 8.12. The summed E-state index contributed by atoms with van der Waals surface area (Å²) in [6.07, 6.45) is -0.222. The van der Waals surface area contributed by atoms with E-state index in [1.165, 1.54) is 12.1 Å². The van der Waals surface area contributed by atoms with Crippen LogP contribution in [0, 0.1) is 5.92 Å². The second kappa shape index (κ2) is 11.6. The van der Waals surface area contributed by atoms with Gasteiger partial charge in [-0.1, -0.05) is 0 Å². The van der Waals surface area contributed by atoms with Gasteiger partial charge in [-0.05, 0) is 56.0 Å². The Bertz CT molecular complexity index is 1030. The Kier molecular flexibility index (Phi) is 8.31. The van der Waals surface area contributed by atoms with E-state index in [4.69, 9.17) is 4.74 Å². The van der Waals surface area contributed by atoms with Crippen molar-refractivity contribution < 1.29 is 32.2 Å². The van der Waals surface area contributed by atoms with Crippen LogP contribution in [0.25, 0.3) is 0 Å². The van der Waals surface area contributed by atoms with Crippen LogP contribution in [0.2, 0.25) is 0 Å². The van der Waals surface area contributed by atoms with Crippen LogP contribution in [-0.2, 0) is 11.3 Å². The summed E-state index contributed by atoms with van der Waals surface area (Å²) >= 11 is 0. The molecule has 2 aliphatic rings. The summed E-state index contributed by atoms with van der Waals surface area (Å²) in [6.45, 7) is 5.25. The van der Waals surface area contributed by atoms with Gasteiger partial charge in [-0.15, -0.1) is 13.2 Å². The zero-order valence-corrected chi connectivity index (χ0v) is 19.6. The number of nitrogens with one attached hydrogen (secondary N) is 3. The molecular weight excluding hydrogens is 481 g/mol. The Hall–Kier alpha value is -3.32. The molecule has 0 radical (unpaired) electrons. The third-order valence-corrected chi connectivity index (χ3v) is 5.76. The summed E-state index contributed by atoms with van der Waals surface area (Å²) in [7, 11) is 0. The van der Waals surface area contributed by atoms with Gasteiger partial charge in [-0.3, -0.25) is 15.0 Å². The minimum absolute atomic E-state index is 0.198. The van der Waals surface area contributed by atoms with Gasteiger partial charge in [0, 0.05) is 38.1 Å². The summed E-state index contributed by atoms with van der Waals surface area (Å²) in [5, 5.41) is 7.99. The number of carbonyl (C=O) groups is 2. The summed E-state index contributed by atoms with van der Waals surface area (Å²) < 4.78 is 47.8. The van der Waals surface area contributed by atoms with Gasteiger partial charge in [0.15, 0.2) is 5.82 Å². The molecule has 2 heterocycles. The molecule has 1 saturated carbocycles. The van der Waals surface area contributed by atoms with Crippen LogP contribution in [0.4, 0.5) is 29.5 Å². The number of alkyl halides is 3. The molecule has 10 nitrogen and oxygen atoms in total. The molecule has 0 atom stereocenters. The van der Waals surface area contributed by atoms with Crippen LogP contribution in [-0.4, -0.2) is 72.1 Å². The van der Waals surface area contributed by atoms with Gasteiger partial charge in [0.2, 0.25) is 5.82 Å². The highest BCUT2D eigenvalue weighted by Gasteiger charge is 2.31. The number of halogens is 3. The van der Waals surface area contributed by atoms with Crippen LogP contribution in [0.5, 0.6) is 5.75 Å². The molecule has 1 aliphatic heterocycles. The number of aromatic nitrogens is 2. The van der Waals surface area contributed by atoms with Gasteiger partial charge in [0.25, 0.3) is 5.91 Å². The maximum atomic E-state index is 12.8. The number of benzene rings is 1. The lowest BCUT2D eigenvalue weighted by Gasteiger charge is -2.26. The number of morpholine rings is 1. The van der Waals surface area contributed by atoms with E-state index < -0.39 is 18.1 Å². The number of carbonyl (C=O) groups excluding carboxylic acids is 2. The van der Waals surface area contributed by atoms with E-state index >= 15 is 0 Å². The molecule has 1 saturated heterocycles. The van der Waals surface area contributed by atoms with Gasteiger partial charge in [-0.2, -0.15) is 0 Å². The largest absolute Gasteiger partial charge is 0.573 e. The van der Waals surface area contributed by atoms with Crippen molar-refractivity contribution in [1.29, 1.82) is 0 Å². The molecule has 4 rings (SSSR count). The van der Waals surface area contributed by atoms with Crippen molar-refractivity contribution in [3.8, 4) is 5.75 Å². The fraction of sp³-hybridized carbons (Fsp3) is 0.522. The summed E-state index contributed by atoms with van der Waals surface area (Å²) in [5.41, 5.74) is 0.262. The molecule has 2 aromatic rings. The Balaban J connectivity index is 1.30. The molecule has 36 heavy (non-hydrogen) atoms. The number of urea groups is 1. The van der Waals surface area contributed by atoms with E-state index in [-0.39, 0.29) is 23.2 Å². The molecule has 0 bridgehead atoms. The first-order valence-corrected chi connectivity index (χ1v) is 11.8. The molecule has 2 fully saturated rings. The topological polar surface area (TPSA) is 110 Å². The molecule has 13 heteroatoms. The third-order valence-electron chi connectivity index (χ3n) is 5.76. The zero-order valence-electron chi connectivity index (χ0n) is 19.6. The highest BCUT2D eigenvalue weighted by atomic mass is 19.4. The van der Waals surface area contributed by atoms with E-state index in [9.17, 15) is 22.8 Å². The number of amides is 3. The second-order valence-corrected chi connectivity index (χ2v) is 8.76. The highest BCUT2D eigenvalue weighted by molar-refractivity contribution is 5.99. The lowest BCUT2D eigenvalue weighted by atomic mass is 10.3. The maximum absolute atomic E-state index is 12.8. The molecule has 1 aromatic carbocycles. The average Bonchev–Trinajstić information content (AvgIpc) is 3.56. The molecule has 1 aliphatic carbocycles. The van der Waals surface area contributed by atoms with Crippen LogP contribution >= 0.6 is 0 Å². The molecule has 1 aromatic heterocycles. The molecule has 0 unspecified atom stereocenters. The Morgan fingerprint density at radius 1 is 1.11 bits per heavy atom. The van der Waals surface area contributed by atoms with Crippen molar-refractivity contribution >= 4 is 23.4 Å². The van der Waals surface area contributed by atoms with Gasteiger partial charge >= 0.3 is 12.4 Å². The number of hydrogen-bond acceptors (Lipinski definition) is 6. The van der Waals surface area contributed by atoms with Crippen molar-refractivity contribution in [3.63, 3.8) is 0 Å². The Morgan fingerprint density at radius 3 is 2.50 bits per heavy atom. The first-order chi connectivity index (χ1) is 17.2. The predicted molar refractivity (Wildman–Crippen MR) is 125 cm³/mol. The van der Waals surface area contributed by atoms with Crippen molar-refractivity contribution in [1.82, 2.24) is 19.8 Å². The number of imidazole rings is 1. The number of anilines is 2. The highest BCUT2D eigenvalue weighted by Crippen LogP contribution is 2.31. The van der Waals surface area contributed by atoms with Gasteiger partial charge in [0.05, 0.1) is 13.2 Å². The summed E-state index contributed by atoms with van der Waals surface area (Å²) in [6, 6.07) is 4.10. The van der Waals surface area contributed by atoms with Crippen molar-refractivity contribution in [2.75, 3.05) is 50.0 Å². The monoisotopic (exact) mass is 510 g/mol. The number of rotatable bonds is 10. The Morgan fingerprint density at radius 2 is 1.83 bits per heavy atom. The molecule has 3 amide bonds. The van der Waals surface area contributed by atoms with E-state index in [1.807, 2.05) is 0 Å². The van der Waals surface area contributed by atoms with Crippen LogP contribution < -0.4 is 20.7 Å². The molecule has 3 N–H and O–H groups in total. The van der Waals surface area contributed by atoms with E-state index in [0.29, 0.717) is 19.0 Å². The first-order valence-electron chi connectivity index (χ1n) is 11.8. The van der Waals surface area contributed by atoms with E-state index in [2.05, 4.69) is 30.6 Å². The predicted octanol–water partition coefficient (Wildman–Crippen LogP) is 3.29. The van der Waals surface area contributed by atoms with Crippen LogP contribution in [0.3, 0.4) is 0 Å². The van der Waals surface area contributed by atoms with Crippen LogP contribution in [0.1, 0.15) is 29.9 Å². The minimum atomic E-state index is -4.79. The SMILES string of the molecule is O=C(Nc1ccc(OC(F)(F)F)cc1)Nc1cn(CC2CC2)c(C(=O)NCCCN2CCOCC2)n1. The molecular formula is C23H29F3N6O4. The fourth-order valence-corrected chi connectivity index (χ4v) is 3.80. The smallest absolute Gasteiger partial charge is 0.406 e. The van der Waals surface area contributed by atoms with Gasteiger partial charge in [0.1, 0.15) is 5.75 Å². The quantitative estimate of drug-likeness (QED) is 0.423. The summed E-state index contributed by atoms with van der Waals surface area (Å²) in [5.74, 6) is 0.186. The molecule has 0 spiro atoms. The second-order valence-electron chi connectivity index (χ2n) is 8.76. The van der Waals surface area contributed by atoms with Crippen molar-refractivity contribution in [3.05, 3.63) is 36.3 Å². The molecule has 196 valence electrons. The van der Waals surface area contributed by atoms with Crippen LogP contribution in [0.15, 0.2) is 30.5 Å². The van der Waals surface area contributed by atoms with E-state index in [0.717, 1.165) is 64.2 Å². The van der Waals surface area contributed by atoms with Gasteiger partial charge < -0.3 is 24.7 Å². The van der Waals surface area contributed by atoms with Crippen molar-refractivity contribution in [2.45, 2.75) is 32.2 Å². The van der Waals surface area contributed by atoms with Gasteiger partial charge in [-0.25, -0.2) is 9.78 Å². The van der Waals surface area contributed by atoms with Crippen molar-refractivity contribution in [2.24, 2.45) is 5.92 Å². The number of hydrogen-bond donors (Lipinski definition) is 3.